The SMILES string of the molecule is Cc1nc2c(OCc3c(F)cccc3F)ccc(Cl)n2c1C(=O)O. The maximum Gasteiger partial charge on any atom is 0.354 e. The maximum absolute atomic E-state index is 13.7. The van der Waals surface area contributed by atoms with Crippen LogP contribution >= 0.6 is 11.6 Å². The zero-order valence-electron chi connectivity index (χ0n) is 12.4. The van der Waals surface area contributed by atoms with Crippen LogP contribution in [0.2, 0.25) is 5.15 Å². The van der Waals surface area contributed by atoms with Crippen LogP contribution in [0, 0.1) is 18.6 Å². The van der Waals surface area contributed by atoms with Crippen LogP contribution in [0.4, 0.5) is 8.78 Å². The standard InChI is InChI=1S/C16H11ClF2N2O3/c1-8-14(16(22)23)21-13(17)6-5-12(15(21)20-8)24-7-9-10(18)3-2-4-11(9)19/h2-6H,7H2,1H3,(H,22,23). The number of hydrogen-bond acceptors (Lipinski definition) is 3. The van der Waals surface area contributed by atoms with E-state index < -0.39 is 17.6 Å². The van der Waals surface area contributed by atoms with Gasteiger partial charge in [0.25, 0.3) is 0 Å². The van der Waals surface area contributed by atoms with E-state index >= 15 is 0 Å². The molecule has 1 aromatic carbocycles. The van der Waals surface area contributed by atoms with Crippen LogP contribution in [0.25, 0.3) is 5.65 Å². The molecule has 0 unspecified atom stereocenters. The smallest absolute Gasteiger partial charge is 0.354 e. The number of benzene rings is 1. The number of pyridine rings is 1. The lowest BCUT2D eigenvalue weighted by atomic mass is 10.2. The molecule has 0 amide bonds. The molecule has 24 heavy (non-hydrogen) atoms. The van der Waals surface area contributed by atoms with Gasteiger partial charge in [-0.1, -0.05) is 17.7 Å². The molecule has 0 saturated heterocycles. The fourth-order valence-electron chi connectivity index (χ4n) is 2.38. The number of carbonyl (C=O) groups is 1. The first-order valence-corrected chi connectivity index (χ1v) is 7.24. The van der Waals surface area contributed by atoms with Crippen LogP contribution in [0.5, 0.6) is 5.75 Å². The molecule has 0 saturated carbocycles. The van der Waals surface area contributed by atoms with Crippen molar-refractivity contribution in [2.24, 2.45) is 0 Å². The largest absolute Gasteiger partial charge is 0.485 e. The van der Waals surface area contributed by atoms with Gasteiger partial charge in [-0.2, -0.15) is 0 Å². The Kier molecular flexibility index (Phi) is 4.11. The van der Waals surface area contributed by atoms with Crippen molar-refractivity contribution in [2.45, 2.75) is 13.5 Å². The molecule has 0 aliphatic rings. The average Bonchev–Trinajstić information content (AvgIpc) is 2.87. The summed E-state index contributed by atoms with van der Waals surface area (Å²) in [6.07, 6.45) is 0. The predicted molar refractivity (Wildman–Crippen MR) is 82.6 cm³/mol. The van der Waals surface area contributed by atoms with Crippen molar-refractivity contribution in [1.29, 1.82) is 0 Å². The molecular formula is C16H11ClF2N2O3. The fraction of sp³-hybridized carbons (Fsp3) is 0.125. The monoisotopic (exact) mass is 352 g/mol. The summed E-state index contributed by atoms with van der Waals surface area (Å²) in [5, 5.41) is 9.42. The minimum Gasteiger partial charge on any atom is -0.485 e. The van der Waals surface area contributed by atoms with Gasteiger partial charge in [-0.3, -0.25) is 4.40 Å². The first kappa shape index (κ1) is 16.2. The molecule has 124 valence electrons. The fourth-order valence-corrected chi connectivity index (χ4v) is 2.61. The molecule has 0 aliphatic carbocycles. The summed E-state index contributed by atoms with van der Waals surface area (Å²) in [7, 11) is 0. The Bertz CT molecular complexity index is 936. The van der Waals surface area contributed by atoms with E-state index in [1.54, 1.807) is 0 Å². The van der Waals surface area contributed by atoms with Crippen molar-refractivity contribution in [3.05, 3.63) is 64.1 Å². The van der Waals surface area contributed by atoms with Gasteiger partial charge in [0.05, 0.1) is 11.3 Å². The van der Waals surface area contributed by atoms with Crippen LogP contribution < -0.4 is 4.74 Å². The molecule has 2 heterocycles. The van der Waals surface area contributed by atoms with E-state index in [9.17, 15) is 18.7 Å². The van der Waals surface area contributed by atoms with Gasteiger partial charge in [-0.25, -0.2) is 18.6 Å². The summed E-state index contributed by atoms with van der Waals surface area (Å²) in [6, 6.07) is 6.40. The Labute approximate surface area is 140 Å². The highest BCUT2D eigenvalue weighted by atomic mass is 35.5. The lowest BCUT2D eigenvalue weighted by molar-refractivity contribution is 0.0688. The van der Waals surface area contributed by atoms with Gasteiger partial charge >= 0.3 is 5.97 Å². The summed E-state index contributed by atoms with van der Waals surface area (Å²) in [4.78, 5) is 15.5. The highest BCUT2D eigenvalue weighted by Gasteiger charge is 2.20. The van der Waals surface area contributed by atoms with Crippen molar-refractivity contribution < 1.29 is 23.4 Å². The molecule has 0 aliphatic heterocycles. The van der Waals surface area contributed by atoms with E-state index in [2.05, 4.69) is 4.98 Å². The number of halogens is 3. The minimum absolute atomic E-state index is 0.0995. The molecule has 1 N–H and O–H groups in total. The molecule has 3 aromatic rings. The van der Waals surface area contributed by atoms with Gasteiger partial charge in [0, 0.05) is 0 Å². The number of carboxylic acids is 1. The van der Waals surface area contributed by atoms with Crippen molar-refractivity contribution in [3.8, 4) is 5.75 Å². The van der Waals surface area contributed by atoms with Crippen LogP contribution in [0.3, 0.4) is 0 Å². The second-order valence-electron chi connectivity index (χ2n) is 5.02. The number of ether oxygens (including phenoxy) is 1. The summed E-state index contributed by atoms with van der Waals surface area (Å²) in [5.41, 5.74) is 0.0801. The van der Waals surface area contributed by atoms with Gasteiger partial charge in [0.15, 0.2) is 17.1 Å². The average molecular weight is 353 g/mol. The topological polar surface area (TPSA) is 63.8 Å². The van der Waals surface area contributed by atoms with Gasteiger partial charge in [0.2, 0.25) is 0 Å². The number of carboxylic acid groups (broad SMARTS) is 1. The second-order valence-corrected chi connectivity index (χ2v) is 5.41. The highest BCUT2D eigenvalue weighted by molar-refractivity contribution is 6.30. The van der Waals surface area contributed by atoms with Crippen molar-refractivity contribution in [1.82, 2.24) is 9.38 Å². The molecule has 0 bridgehead atoms. The predicted octanol–water partition coefficient (Wildman–Crippen LogP) is 3.85. The van der Waals surface area contributed by atoms with Gasteiger partial charge in [-0.05, 0) is 31.2 Å². The molecule has 0 radical (unpaired) electrons. The third-order valence-electron chi connectivity index (χ3n) is 3.49. The third-order valence-corrected chi connectivity index (χ3v) is 3.79. The van der Waals surface area contributed by atoms with E-state index in [1.165, 1.54) is 29.5 Å². The number of aromatic carboxylic acids is 1. The number of fused-ring (bicyclic) bond motifs is 1. The van der Waals surface area contributed by atoms with E-state index in [4.69, 9.17) is 16.3 Å². The molecule has 8 heteroatoms. The van der Waals surface area contributed by atoms with Crippen LogP contribution in [0.1, 0.15) is 21.7 Å². The summed E-state index contributed by atoms with van der Waals surface area (Å²) in [6.45, 7) is 1.15. The van der Waals surface area contributed by atoms with E-state index in [1.807, 2.05) is 0 Å². The number of aromatic nitrogens is 2. The van der Waals surface area contributed by atoms with Crippen LogP contribution in [-0.2, 0) is 6.61 Å². The Hall–Kier alpha value is -2.67. The highest BCUT2D eigenvalue weighted by Crippen LogP contribution is 2.28. The number of hydrogen-bond donors (Lipinski definition) is 1. The van der Waals surface area contributed by atoms with Gasteiger partial charge in [0.1, 0.15) is 23.4 Å². The zero-order chi connectivity index (χ0) is 17.4. The molecule has 3 rings (SSSR count). The number of imidazole rings is 1. The number of aryl methyl sites for hydroxylation is 1. The summed E-state index contributed by atoms with van der Waals surface area (Å²) >= 11 is 6.04. The molecule has 0 spiro atoms. The second kappa shape index (κ2) is 6.09. The molecule has 5 nitrogen and oxygen atoms in total. The van der Waals surface area contributed by atoms with Crippen molar-refractivity contribution in [3.63, 3.8) is 0 Å². The lowest BCUT2D eigenvalue weighted by Crippen LogP contribution is -2.06. The summed E-state index contributed by atoms with van der Waals surface area (Å²) in [5.74, 6) is -2.49. The molecular weight excluding hydrogens is 342 g/mol. The molecule has 0 fully saturated rings. The zero-order valence-corrected chi connectivity index (χ0v) is 13.1. The van der Waals surface area contributed by atoms with E-state index in [0.717, 1.165) is 12.1 Å². The van der Waals surface area contributed by atoms with Gasteiger partial charge in [-0.15, -0.1) is 0 Å². The summed E-state index contributed by atoms with van der Waals surface area (Å²) < 4.78 is 34.0. The first-order valence-electron chi connectivity index (χ1n) is 6.86. The normalized spacial score (nSPS) is 11.0. The van der Waals surface area contributed by atoms with Crippen molar-refractivity contribution >= 4 is 23.2 Å². The van der Waals surface area contributed by atoms with Crippen LogP contribution in [-0.4, -0.2) is 20.5 Å². The molecule has 2 aromatic heterocycles. The Balaban J connectivity index is 2.04. The third kappa shape index (κ3) is 2.67. The Morgan fingerprint density at radius 1 is 1.29 bits per heavy atom. The van der Waals surface area contributed by atoms with Crippen molar-refractivity contribution in [2.75, 3.05) is 0 Å². The van der Waals surface area contributed by atoms with E-state index in [0.29, 0.717) is 0 Å². The van der Waals surface area contributed by atoms with E-state index in [-0.39, 0.29) is 40.1 Å². The van der Waals surface area contributed by atoms with Gasteiger partial charge < -0.3 is 9.84 Å². The Morgan fingerprint density at radius 2 is 1.96 bits per heavy atom. The number of rotatable bonds is 4. The Morgan fingerprint density at radius 3 is 2.58 bits per heavy atom. The van der Waals surface area contributed by atoms with Crippen LogP contribution in [0.15, 0.2) is 30.3 Å². The quantitative estimate of drug-likeness (QED) is 0.724. The number of nitrogens with zero attached hydrogens (tertiary/aromatic N) is 2. The first-order chi connectivity index (χ1) is 11.4. The minimum atomic E-state index is -1.20. The molecule has 0 atom stereocenters. The maximum atomic E-state index is 13.7. The lowest BCUT2D eigenvalue weighted by Gasteiger charge is -2.10.